The quantitative estimate of drug-likeness (QED) is 0.596. The minimum atomic E-state index is -0.296. The van der Waals surface area contributed by atoms with Crippen LogP contribution in [0.1, 0.15) is 27.0 Å². The second kappa shape index (κ2) is 4.58. The average Bonchev–Trinajstić information content (AvgIpc) is 2.10. The first kappa shape index (κ1) is 11.9. The molecule has 3 heteroatoms. The predicted molar refractivity (Wildman–Crippen MR) is 66.6 cm³/mol. The first-order valence-corrected chi connectivity index (χ1v) is 6.17. The molecule has 0 fully saturated rings. The Morgan fingerprint density at radius 1 is 1.07 bits per heavy atom. The monoisotopic (exact) mass is 318 g/mol. The minimum absolute atomic E-state index is 0.0746. The average molecular weight is 320 g/mol. The number of aryl methyl sites for hydroxylation is 3. The van der Waals surface area contributed by atoms with Crippen molar-refractivity contribution in [3.8, 4) is 0 Å². The number of hydrogen-bond donors (Lipinski definition) is 0. The van der Waals surface area contributed by atoms with Crippen molar-refractivity contribution in [1.29, 1.82) is 0 Å². The van der Waals surface area contributed by atoms with Gasteiger partial charge in [0.2, 0.25) is 0 Å². The lowest BCUT2D eigenvalue weighted by molar-refractivity contribution is 0.101. The van der Waals surface area contributed by atoms with E-state index < -0.39 is 0 Å². The number of benzene rings is 1. The summed E-state index contributed by atoms with van der Waals surface area (Å²) in [6.07, 6.45) is 0. The Hall–Kier alpha value is -0.150. The largest absolute Gasteiger partial charge is 0.292 e. The summed E-state index contributed by atoms with van der Waals surface area (Å²) in [6, 6.07) is 3.99. The van der Waals surface area contributed by atoms with E-state index >= 15 is 0 Å². The number of ketones is 1. The first-order chi connectivity index (χ1) is 6.43. The fraction of sp³-hybridized carbons (Fsp3) is 0.364. The maximum atomic E-state index is 11.7. The topological polar surface area (TPSA) is 17.1 Å². The summed E-state index contributed by atoms with van der Waals surface area (Å²) in [7, 11) is 0. The van der Waals surface area contributed by atoms with Gasteiger partial charge in [0.1, 0.15) is 3.74 Å². The Balaban J connectivity index is 3.22. The maximum Gasteiger partial charge on any atom is 0.187 e. The number of alkyl halides is 2. The van der Waals surface area contributed by atoms with Gasteiger partial charge in [0, 0.05) is 5.56 Å². The van der Waals surface area contributed by atoms with E-state index in [-0.39, 0.29) is 9.52 Å². The number of rotatable bonds is 2. The van der Waals surface area contributed by atoms with Gasteiger partial charge < -0.3 is 0 Å². The second-order valence-corrected chi connectivity index (χ2v) is 6.48. The van der Waals surface area contributed by atoms with E-state index in [1.165, 1.54) is 5.56 Å². The Morgan fingerprint density at radius 3 is 2.07 bits per heavy atom. The van der Waals surface area contributed by atoms with E-state index in [0.717, 1.165) is 16.7 Å². The fourth-order valence-corrected chi connectivity index (χ4v) is 1.84. The molecule has 76 valence electrons. The van der Waals surface area contributed by atoms with Crippen molar-refractivity contribution in [2.24, 2.45) is 0 Å². The molecule has 0 atom stereocenters. The summed E-state index contributed by atoms with van der Waals surface area (Å²) < 4.78 is -0.296. The van der Waals surface area contributed by atoms with Gasteiger partial charge in [-0.05, 0) is 43.5 Å². The Labute approximate surface area is 101 Å². The van der Waals surface area contributed by atoms with Crippen LogP contribution in [0, 0.1) is 20.8 Å². The Bertz CT molecular complexity index is 370. The lowest BCUT2D eigenvalue weighted by Crippen LogP contribution is -2.09. The molecule has 0 heterocycles. The third-order valence-corrected chi connectivity index (χ3v) is 3.14. The first-order valence-electron chi connectivity index (χ1n) is 4.33. The number of carbonyl (C=O) groups excluding carboxylic acids is 1. The highest BCUT2D eigenvalue weighted by molar-refractivity contribution is 9.25. The molecule has 0 aliphatic rings. The molecule has 0 saturated heterocycles. The highest BCUT2D eigenvalue weighted by Crippen LogP contribution is 2.21. The summed E-state index contributed by atoms with van der Waals surface area (Å²) >= 11 is 6.44. The Kier molecular flexibility index (Phi) is 3.90. The van der Waals surface area contributed by atoms with E-state index in [2.05, 4.69) is 38.8 Å². The van der Waals surface area contributed by atoms with Crippen LogP contribution < -0.4 is 0 Å². The van der Waals surface area contributed by atoms with E-state index in [0.29, 0.717) is 0 Å². The molecule has 0 unspecified atom stereocenters. The van der Waals surface area contributed by atoms with Gasteiger partial charge in [-0.2, -0.15) is 0 Å². The zero-order chi connectivity index (χ0) is 10.9. The molecule has 0 N–H and O–H groups in total. The molecule has 0 aliphatic carbocycles. The summed E-state index contributed by atoms with van der Waals surface area (Å²) in [6.45, 7) is 6.03. The van der Waals surface area contributed by atoms with Gasteiger partial charge in [-0.3, -0.25) is 4.79 Å². The predicted octanol–water partition coefficient (Wildman–Crippen LogP) is 3.91. The zero-order valence-electron chi connectivity index (χ0n) is 8.40. The van der Waals surface area contributed by atoms with Crippen molar-refractivity contribution < 1.29 is 4.79 Å². The third-order valence-electron chi connectivity index (χ3n) is 2.30. The van der Waals surface area contributed by atoms with Crippen LogP contribution in [0.3, 0.4) is 0 Å². The van der Waals surface area contributed by atoms with Gasteiger partial charge in [-0.25, -0.2) is 0 Å². The summed E-state index contributed by atoms with van der Waals surface area (Å²) in [5.74, 6) is 0.0746. The summed E-state index contributed by atoms with van der Waals surface area (Å²) in [5, 5.41) is 0. The molecule has 1 aromatic rings. The molecule has 0 spiro atoms. The maximum absolute atomic E-state index is 11.7. The van der Waals surface area contributed by atoms with Gasteiger partial charge >= 0.3 is 0 Å². The third kappa shape index (κ3) is 2.45. The van der Waals surface area contributed by atoms with Crippen LogP contribution in [0.25, 0.3) is 0 Å². The van der Waals surface area contributed by atoms with Crippen molar-refractivity contribution in [2.75, 3.05) is 0 Å². The molecule has 1 nitrogen and oxygen atoms in total. The lowest BCUT2D eigenvalue weighted by atomic mass is 9.99. The highest BCUT2D eigenvalue weighted by atomic mass is 79.9. The van der Waals surface area contributed by atoms with E-state index in [1.54, 1.807) is 0 Å². The van der Waals surface area contributed by atoms with E-state index in [4.69, 9.17) is 0 Å². The number of halogens is 2. The van der Waals surface area contributed by atoms with Crippen LogP contribution in [0.5, 0.6) is 0 Å². The van der Waals surface area contributed by atoms with Crippen LogP contribution >= 0.6 is 31.9 Å². The number of carbonyl (C=O) groups is 1. The normalized spacial score (nSPS) is 10.7. The van der Waals surface area contributed by atoms with Crippen molar-refractivity contribution >= 4 is 37.6 Å². The van der Waals surface area contributed by atoms with E-state index in [1.807, 2.05) is 26.0 Å². The van der Waals surface area contributed by atoms with Crippen LogP contribution in [0.2, 0.25) is 0 Å². The smallest absolute Gasteiger partial charge is 0.187 e. The molecule has 0 bridgehead atoms. The molecule has 0 radical (unpaired) electrons. The molecule has 14 heavy (non-hydrogen) atoms. The van der Waals surface area contributed by atoms with Crippen molar-refractivity contribution in [2.45, 2.75) is 24.5 Å². The molecule has 1 aromatic carbocycles. The fourth-order valence-electron chi connectivity index (χ4n) is 1.34. The lowest BCUT2D eigenvalue weighted by Gasteiger charge is -2.09. The number of Topliss-reactive ketones (excluding diaryl/α,β-unsaturated/α-hetero) is 1. The van der Waals surface area contributed by atoms with Crippen LogP contribution in [0.4, 0.5) is 0 Å². The van der Waals surface area contributed by atoms with Gasteiger partial charge in [0.25, 0.3) is 0 Å². The van der Waals surface area contributed by atoms with Crippen molar-refractivity contribution in [3.05, 3.63) is 34.4 Å². The molecule has 0 saturated carbocycles. The Morgan fingerprint density at radius 2 is 1.57 bits per heavy atom. The van der Waals surface area contributed by atoms with Crippen molar-refractivity contribution in [3.63, 3.8) is 0 Å². The molecular weight excluding hydrogens is 308 g/mol. The zero-order valence-corrected chi connectivity index (χ0v) is 11.6. The molecule has 0 aliphatic heterocycles. The van der Waals surface area contributed by atoms with Gasteiger partial charge in [0.05, 0.1) is 0 Å². The van der Waals surface area contributed by atoms with Crippen molar-refractivity contribution in [1.82, 2.24) is 0 Å². The van der Waals surface area contributed by atoms with Crippen LogP contribution in [-0.4, -0.2) is 9.52 Å². The number of hydrogen-bond acceptors (Lipinski definition) is 1. The van der Waals surface area contributed by atoms with Gasteiger partial charge in [-0.15, -0.1) is 0 Å². The molecule has 0 aromatic heterocycles. The SMILES string of the molecule is Cc1cc(C)c(C(=O)C(Br)Br)cc1C. The standard InChI is InChI=1S/C11H12Br2O/c1-6-4-8(3)9(5-7(6)2)10(14)11(12)13/h4-5,11H,1-3H3. The van der Waals surface area contributed by atoms with Gasteiger partial charge in [0.15, 0.2) is 5.78 Å². The minimum Gasteiger partial charge on any atom is -0.292 e. The van der Waals surface area contributed by atoms with Gasteiger partial charge in [-0.1, -0.05) is 37.9 Å². The molecule has 1 rings (SSSR count). The molecular formula is C11H12Br2O. The van der Waals surface area contributed by atoms with Crippen LogP contribution in [-0.2, 0) is 0 Å². The van der Waals surface area contributed by atoms with Crippen LogP contribution in [0.15, 0.2) is 12.1 Å². The summed E-state index contributed by atoms with van der Waals surface area (Å²) in [5.41, 5.74) is 4.19. The molecule has 0 amide bonds. The second-order valence-electron chi connectivity index (χ2n) is 3.42. The summed E-state index contributed by atoms with van der Waals surface area (Å²) in [4.78, 5) is 11.7. The van der Waals surface area contributed by atoms with E-state index in [9.17, 15) is 4.79 Å². The highest BCUT2D eigenvalue weighted by Gasteiger charge is 2.16.